The molecule has 45 heavy (non-hydrogen) atoms. The SMILES string of the molecule is Cc1ccc(-c2csc(NC(=O)C(C)Sc3cccc(NC(=O)/C(=C/c4ccc(F)cc4)NC(=O)c4ccccc4)c3)n2)cc1. The molecular formula is C35H29FN4O3S2. The summed E-state index contributed by atoms with van der Waals surface area (Å²) in [6.07, 6.45) is 1.48. The molecule has 0 aliphatic heterocycles. The van der Waals surface area contributed by atoms with Crippen molar-refractivity contribution in [2.45, 2.75) is 24.0 Å². The molecule has 10 heteroatoms. The van der Waals surface area contributed by atoms with Gasteiger partial charge in [0.05, 0.1) is 10.9 Å². The zero-order valence-corrected chi connectivity index (χ0v) is 26.0. The molecule has 5 rings (SSSR count). The number of rotatable bonds is 10. The van der Waals surface area contributed by atoms with E-state index in [2.05, 4.69) is 20.9 Å². The van der Waals surface area contributed by atoms with Gasteiger partial charge in [-0.3, -0.25) is 14.4 Å². The molecule has 1 heterocycles. The van der Waals surface area contributed by atoms with Crippen LogP contribution in [-0.4, -0.2) is 28.0 Å². The quantitative estimate of drug-likeness (QED) is 0.107. The molecule has 0 fully saturated rings. The van der Waals surface area contributed by atoms with Crippen molar-refractivity contribution in [1.29, 1.82) is 0 Å². The molecule has 0 spiro atoms. The first-order valence-electron chi connectivity index (χ1n) is 14.0. The van der Waals surface area contributed by atoms with Gasteiger partial charge in [-0.05, 0) is 68.0 Å². The Bertz CT molecular complexity index is 1840. The molecule has 5 aromatic rings. The van der Waals surface area contributed by atoms with E-state index in [1.807, 2.05) is 42.6 Å². The topological polar surface area (TPSA) is 100 Å². The number of nitrogens with one attached hydrogen (secondary N) is 3. The predicted molar refractivity (Wildman–Crippen MR) is 180 cm³/mol. The maximum atomic E-state index is 13.5. The van der Waals surface area contributed by atoms with Crippen molar-refractivity contribution in [2.24, 2.45) is 0 Å². The molecule has 4 aromatic carbocycles. The van der Waals surface area contributed by atoms with Gasteiger partial charge in [0.15, 0.2) is 5.13 Å². The average molecular weight is 637 g/mol. The summed E-state index contributed by atoms with van der Waals surface area (Å²) >= 11 is 2.69. The fourth-order valence-electron chi connectivity index (χ4n) is 4.17. The third-order valence-corrected chi connectivity index (χ3v) is 8.42. The van der Waals surface area contributed by atoms with Crippen molar-refractivity contribution < 1.29 is 18.8 Å². The zero-order chi connectivity index (χ0) is 31.8. The van der Waals surface area contributed by atoms with Crippen LogP contribution in [0.4, 0.5) is 15.2 Å². The molecule has 1 atom stereocenters. The first-order valence-corrected chi connectivity index (χ1v) is 15.7. The lowest BCUT2D eigenvalue weighted by molar-refractivity contribution is -0.115. The number of thiazole rings is 1. The summed E-state index contributed by atoms with van der Waals surface area (Å²) in [5, 5.41) is 10.3. The fraction of sp³-hybridized carbons (Fsp3) is 0.0857. The normalized spacial score (nSPS) is 11.8. The number of aromatic nitrogens is 1. The minimum Gasteiger partial charge on any atom is -0.321 e. The van der Waals surface area contributed by atoms with E-state index in [9.17, 15) is 18.8 Å². The van der Waals surface area contributed by atoms with Crippen LogP contribution in [0.5, 0.6) is 0 Å². The number of halogens is 1. The largest absolute Gasteiger partial charge is 0.321 e. The van der Waals surface area contributed by atoms with E-state index in [-0.39, 0.29) is 11.6 Å². The molecule has 0 saturated carbocycles. The standard InChI is InChI=1S/C35H29FN4O3S2/c1-22-11-15-25(16-12-22)31-21-44-35(39-31)40-32(41)23(2)45-29-10-6-9-28(20-29)37-34(43)30(19-24-13-17-27(36)18-14-24)38-33(42)26-7-4-3-5-8-26/h3-21,23H,1-2H3,(H,37,43)(H,38,42)(H,39,40,41)/b30-19-. The minimum atomic E-state index is -0.565. The second kappa shape index (κ2) is 14.6. The smallest absolute Gasteiger partial charge is 0.272 e. The second-order valence-electron chi connectivity index (χ2n) is 10.1. The second-order valence-corrected chi connectivity index (χ2v) is 12.3. The van der Waals surface area contributed by atoms with Crippen LogP contribution >= 0.6 is 23.1 Å². The fourth-order valence-corrected chi connectivity index (χ4v) is 5.82. The molecule has 0 radical (unpaired) electrons. The van der Waals surface area contributed by atoms with Crippen molar-refractivity contribution in [2.75, 3.05) is 10.6 Å². The van der Waals surface area contributed by atoms with Crippen molar-refractivity contribution in [3.8, 4) is 11.3 Å². The highest BCUT2D eigenvalue weighted by Gasteiger charge is 2.18. The summed E-state index contributed by atoms with van der Waals surface area (Å²) in [6, 6.07) is 29.2. The molecule has 0 bridgehead atoms. The maximum absolute atomic E-state index is 13.5. The highest BCUT2D eigenvalue weighted by Crippen LogP contribution is 2.29. The number of hydrogen-bond acceptors (Lipinski definition) is 6. The Morgan fingerprint density at radius 1 is 0.889 bits per heavy atom. The summed E-state index contributed by atoms with van der Waals surface area (Å²) < 4.78 is 13.5. The van der Waals surface area contributed by atoms with Crippen LogP contribution in [0.25, 0.3) is 17.3 Å². The molecule has 3 N–H and O–H groups in total. The molecule has 0 aliphatic carbocycles. The van der Waals surface area contributed by atoms with Crippen LogP contribution in [-0.2, 0) is 9.59 Å². The molecule has 226 valence electrons. The molecule has 7 nitrogen and oxygen atoms in total. The third kappa shape index (κ3) is 8.75. The number of nitrogens with zero attached hydrogens (tertiary/aromatic N) is 1. The number of aryl methyl sites for hydroxylation is 1. The van der Waals surface area contributed by atoms with Crippen molar-refractivity contribution in [3.63, 3.8) is 0 Å². The van der Waals surface area contributed by atoms with Gasteiger partial charge >= 0.3 is 0 Å². The number of carbonyl (C=O) groups is 3. The summed E-state index contributed by atoms with van der Waals surface area (Å²) in [7, 11) is 0. The summed E-state index contributed by atoms with van der Waals surface area (Å²) in [6.45, 7) is 3.82. The van der Waals surface area contributed by atoms with E-state index < -0.39 is 22.9 Å². The minimum absolute atomic E-state index is 0.0188. The van der Waals surface area contributed by atoms with Crippen LogP contribution < -0.4 is 16.0 Å². The van der Waals surface area contributed by atoms with Crippen LogP contribution in [0.1, 0.15) is 28.4 Å². The van der Waals surface area contributed by atoms with Gasteiger partial charge in [0.25, 0.3) is 11.8 Å². The molecule has 0 saturated heterocycles. The van der Waals surface area contributed by atoms with Gasteiger partial charge in [-0.2, -0.15) is 0 Å². The maximum Gasteiger partial charge on any atom is 0.272 e. The lowest BCUT2D eigenvalue weighted by Crippen LogP contribution is -2.30. The summed E-state index contributed by atoms with van der Waals surface area (Å²) in [5.74, 6) is -1.64. The summed E-state index contributed by atoms with van der Waals surface area (Å²) in [5.41, 5.74) is 4.30. The Morgan fingerprint density at radius 2 is 1.62 bits per heavy atom. The van der Waals surface area contributed by atoms with Crippen LogP contribution in [0.15, 0.2) is 119 Å². The number of carbonyl (C=O) groups excluding carboxylic acids is 3. The first-order chi connectivity index (χ1) is 21.7. The van der Waals surface area contributed by atoms with Crippen LogP contribution in [0, 0.1) is 12.7 Å². The van der Waals surface area contributed by atoms with Gasteiger partial charge < -0.3 is 16.0 Å². The number of hydrogen-bond donors (Lipinski definition) is 3. The number of anilines is 2. The van der Waals surface area contributed by atoms with E-state index in [1.165, 1.54) is 53.4 Å². The Labute approximate surface area is 268 Å². The summed E-state index contributed by atoms with van der Waals surface area (Å²) in [4.78, 5) is 44.5. The first kappa shape index (κ1) is 31.4. The van der Waals surface area contributed by atoms with Gasteiger partial charge in [-0.15, -0.1) is 23.1 Å². The highest BCUT2D eigenvalue weighted by atomic mass is 32.2. The number of benzene rings is 4. The van der Waals surface area contributed by atoms with E-state index in [1.54, 1.807) is 55.5 Å². The average Bonchev–Trinajstić information content (AvgIpc) is 3.51. The molecule has 1 unspecified atom stereocenters. The predicted octanol–water partition coefficient (Wildman–Crippen LogP) is 7.79. The van der Waals surface area contributed by atoms with Gasteiger partial charge in [0, 0.05) is 27.1 Å². The van der Waals surface area contributed by atoms with E-state index in [0.29, 0.717) is 21.9 Å². The van der Waals surface area contributed by atoms with Crippen molar-refractivity contribution >= 4 is 57.7 Å². The third-order valence-electron chi connectivity index (χ3n) is 6.57. The van der Waals surface area contributed by atoms with E-state index >= 15 is 0 Å². The highest BCUT2D eigenvalue weighted by molar-refractivity contribution is 8.00. The van der Waals surface area contributed by atoms with Gasteiger partial charge in [-0.1, -0.05) is 66.2 Å². The monoisotopic (exact) mass is 636 g/mol. The van der Waals surface area contributed by atoms with E-state index in [0.717, 1.165) is 21.7 Å². The van der Waals surface area contributed by atoms with Gasteiger partial charge in [0.1, 0.15) is 11.5 Å². The number of thioether (sulfide) groups is 1. The van der Waals surface area contributed by atoms with Crippen LogP contribution in [0.2, 0.25) is 0 Å². The lowest BCUT2D eigenvalue weighted by atomic mass is 10.1. The molecular weight excluding hydrogens is 608 g/mol. The zero-order valence-electron chi connectivity index (χ0n) is 24.4. The Kier molecular flexibility index (Phi) is 10.2. The van der Waals surface area contributed by atoms with Gasteiger partial charge in [0.2, 0.25) is 5.91 Å². The Morgan fingerprint density at radius 3 is 2.36 bits per heavy atom. The molecule has 0 aliphatic rings. The Hall–Kier alpha value is -5.06. The van der Waals surface area contributed by atoms with Crippen LogP contribution in [0.3, 0.4) is 0 Å². The van der Waals surface area contributed by atoms with Crippen molar-refractivity contribution in [1.82, 2.24) is 10.3 Å². The lowest BCUT2D eigenvalue weighted by Gasteiger charge is -2.13. The Balaban J connectivity index is 1.25. The van der Waals surface area contributed by atoms with Gasteiger partial charge in [-0.25, -0.2) is 9.37 Å². The van der Waals surface area contributed by atoms with E-state index in [4.69, 9.17) is 0 Å². The molecule has 1 aromatic heterocycles. The molecule has 3 amide bonds. The number of amides is 3. The van der Waals surface area contributed by atoms with Crippen molar-refractivity contribution in [3.05, 3.63) is 137 Å².